The summed E-state index contributed by atoms with van der Waals surface area (Å²) in [7, 11) is 0. The second kappa shape index (κ2) is 5.18. The number of hydrogen-bond donors (Lipinski definition) is 0. The van der Waals surface area contributed by atoms with Crippen molar-refractivity contribution in [3.8, 4) is 11.3 Å². The van der Waals surface area contributed by atoms with Crippen molar-refractivity contribution in [2.45, 2.75) is 12.8 Å². The number of nitro benzene ring substituents is 1. The van der Waals surface area contributed by atoms with Crippen LogP contribution >= 0.6 is 11.6 Å². The van der Waals surface area contributed by atoms with Crippen LogP contribution in [-0.4, -0.2) is 14.3 Å². The molecule has 2 heterocycles. The number of imidazole rings is 1. The molecule has 0 saturated heterocycles. The van der Waals surface area contributed by atoms with Crippen molar-refractivity contribution in [3.05, 3.63) is 64.0 Å². The molecule has 5 nitrogen and oxygen atoms in total. The van der Waals surface area contributed by atoms with Crippen molar-refractivity contribution in [1.82, 2.24) is 9.38 Å². The van der Waals surface area contributed by atoms with Gasteiger partial charge in [-0.15, -0.1) is 11.6 Å². The molecule has 0 amide bonds. The van der Waals surface area contributed by atoms with Gasteiger partial charge in [-0.25, -0.2) is 4.98 Å². The molecule has 3 rings (SSSR count). The fourth-order valence-electron chi connectivity index (χ4n) is 2.30. The third-order valence-electron chi connectivity index (χ3n) is 3.34. The molecule has 0 aliphatic carbocycles. The number of nitrogens with zero attached hydrogens (tertiary/aromatic N) is 3. The van der Waals surface area contributed by atoms with Gasteiger partial charge >= 0.3 is 0 Å². The topological polar surface area (TPSA) is 60.4 Å². The molecule has 0 atom stereocenters. The van der Waals surface area contributed by atoms with Crippen LogP contribution in [0.25, 0.3) is 16.9 Å². The van der Waals surface area contributed by atoms with E-state index in [4.69, 9.17) is 11.6 Å². The minimum absolute atomic E-state index is 0.0609. The summed E-state index contributed by atoms with van der Waals surface area (Å²) in [5.41, 5.74) is 4.43. The molecule has 106 valence electrons. The molecular formula is C15H12ClN3O2. The molecule has 0 aliphatic heterocycles. The molecule has 0 radical (unpaired) electrons. The Kier molecular flexibility index (Phi) is 3.35. The predicted molar refractivity (Wildman–Crippen MR) is 81.6 cm³/mol. The maximum Gasteiger partial charge on any atom is 0.269 e. The second-order valence-corrected chi connectivity index (χ2v) is 5.05. The van der Waals surface area contributed by atoms with Crippen LogP contribution in [0, 0.1) is 17.0 Å². The van der Waals surface area contributed by atoms with Crippen molar-refractivity contribution < 1.29 is 4.92 Å². The highest BCUT2D eigenvalue weighted by Crippen LogP contribution is 2.27. The first-order chi connectivity index (χ1) is 10.1. The highest BCUT2D eigenvalue weighted by Gasteiger charge is 2.14. The maximum atomic E-state index is 10.7. The molecule has 0 fully saturated rings. The number of nitro groups is 1. The quantitative estimate of drug-likeness (QED) is 0.418. The van der Waals surface area contributed by atoms with Crippen molar-refractivity contribution in [3.63, 3.8) is 0 Å². The smallest absolute Gasteiger partial charge is 0.269 e. The predicted octanol–water partition coefficient (Wildman–Crippen LogP) is 3.96. The van der Waals surface area contributed by atoms with Gasteiger partial charge < -0.3 is 4.40 Å². The Bertz CT molecular complexity index is 825. The van der Waals surface area contributed by atoms with Crippen LogP contribution in [0.4, 0.5) is 5.69 Å². The van der Waals surface area contributed by atoms with E-state index in [9.17, 15) is 10.1 Å². The number of benzene rings is 1. The minimum Gasteiger partial charge on any atom is -0.302 e. The summed E-state index contributed by atoms with van der Waals surface area (Å²) in [6.07, 6.45) is 1.98. The second-order valence-electron chi connectivity index (χ2n) is 4.78. The lowest BCUT2D eigenvalue weighted by molar-refractivity contribution is -0.384. The Morgan fingerprint density at radius 2 is 1.95 bits per heavy atom. The number of aryl methyl sites for hydroxylation is 1. The maximum absolute atomic E-state index is 10.7. The van der Waals surface area contributed by atoms with Gasteiger partial charge in [0.15, 0.2) is 0 Å². The molecule has 0 unspecified atom stereocenters. The molecule has 0 saturated carbocycles. The van der Waals surface area contributed by atoms with E-state index in [1.54, 1.807) is 12.1 Å². The first kappa shape index (κ1) is 13.6. The van der Waals surface area contributed by atoms with Crippen LogP contribution in [0.3, 0.4) is 0 Å². The SMILES string of the molecule is Cc1ccc2nc(-c3ccc([N+](=O)[O-])cc3)c(CCl)n2c1. The average Bonchev–Trinajstić information content (AvgIpc) is 2.85. The molecule has 6 heteroatoms. The summed E-state index contributed by atoms with van der Waals surface area (Å²) < 4.78 is 1.96. The zero-order chi connectivity index (χ0) is 15.0. The monoisotopic (exact) mass is 301 g/mol. The Morgan fingerprint density at radius 3 is 2.57 bits per heavy atom. The van der Waals surface area contributed by atoms with E-state index in [0.29, 0.717) is 5.88 Å². The summed E-state index contributed by atoms with van der Waals surface area (Å²) in [5, 5.41) is 10.7. The van der Waals surface area contributed by atoms with Crippen LogP contribution in [0.15, 0.2) is 42.6 Å². The van der Waals surface area contributed by atoms with Crippen LogP contribution in [0.2, 0.25) is 0 Å². The number of aromatic nitrogens is 2. The van der Waals surface area contributed by atoms with Gasteiger partial charge in [-0.1, -0.05) is 6.07 Å². The van der Waals surface area contributed by atoms with Crippen molar-refractivity contribution in [2.75, 3.05) is 0 Å². The van der Waals surface area contributed by atoms with E-state index >= 15 is 0 Å². The Hall–Kier alpha value is -2.40. The molecule has 0 spiro atoms. The Morgan fingerprint density at radius 1 is 1.24 bits per heavy atom. The number of halogens is 1. The molecule has 0 N–H and O–H groups in total. The van der Waals surface area contributed by atoms with Crippen molar-refractivity contribution in [1.29, 1.82) is 0 Å². The van der Waals surface area contributed by atoms with E-state index in [2.05, 4.69) is 4.98 Å². The average molecular weight is 302 g/mol. The van der Waals surface area contributed by atoms with Crippen LogP contribution in [0.1, 0.15) is 11.3 Å². The standard InChI is InChI=1S/C15H12ClN3O2/c1-10-2-7-14-17-15(13(8-16)18(14)9-10)11-3-5-12(6-4-11)19(20)21/h2-7,9H,8H2,1H3. The Labute approximate surface area is 126 Å². The minimum atomic E-state index is -0.417. The third-order valence-corrected chi connectivity index (χ3v) is 3.60. The zero-order valence-corrected chi connectivity index (χ0v) is 12.0. The van der Waals surface area contributed by atoms with Gasteiger partial charge in [0, 0.05) is 23.9 Å². The number of pyridine rings is 1. The first-order valence-electron chi connectivity index (χ1n) is 6.38. The van der Waals surface area contributed by atoms with Gasteiger partial charge in [-0.3, -0.25) is 10.1 Å². The summed E-state index contributed by atoms with van der Waals surface area (Å²) in [6, 6.07) is 10.3. The van der Waals surface area contributed by atoms with Crippen molar-refractivity contribution >= 4 is 22.9 Å². The summed E-state index contributed by atoms with van der Waals surface area (Å²) >= 11 is 6.07. The fourth-order valence-corrected chi connectivity index (χ4v) is 2.55. The first-order valence-corrected chi connectivity index (χ1v) is 6.92. The van der Waals surface area contributed by atoms with Gasteiger partial charge in [0.05, 0.1) is 22.2 Å². The lowest BCUT2D eigenvalue weighted by atomic mass is 10.1. The fraction of sp³-hybridized carbons (Fsp3) is 0.133. The molecule has 3 aromatic rings. The zero-order valence-electron chi connectivity index (χ0n) is 11.3. The van der Waals surface area contributed by atoms with Gasteiger partial charge in [0.1, 0.15) is 5.65 Å². The molecule has 0 aliphatic rings. The van der Waals surface area contributed by atoms with Crippen molar-refractivity contribution in [2.24, 2.45) is 0 Å². The third kappa shape index (κ3) is 2.36. The van der Waals surface area contributed by atoms with E-state index in [-0.39, 0.29) is 5.69 Å². The van der Waals surface area contributed by atoms with Gasteiger partial charge in [0.25, 0.3) is 5.69 Å². The van der Waals surface area contributed by atoms with Gasteiger partial charge in [-0.05, 0) is 30.7 Å². The number of alkyl halides is 1. The Balaban J connectivity index is 2.17. The highest BCUT2D eigenvalue weighted by atomic mass is 35.5. The lowest BCUT2D eigenvalue weighted by Gasteiger charge is -2.02. The molecule has 1 aromatic carbocycles. The molecule has 0 bridgehead atoms. The van der Waals surface area contributed by atoms with E-state index < -0.39 is 4.92 Å². The van der Waals surface area contributed by atoms with Gasteiger partial charge in [-0.2, -0.15) is 0 Å². The number of hydrogen-bond acceptors (Lipinski definition) is 3. The lowest BCUT2D eigenvalue weighted by Crippen LogP contribution is -1.92. The van der Waals surface area contributed by atoms with E-state index in [1.165, 1.54) is 12.1 Å². The van der Waals surface area contributed by atoms with E-state index in [0.717, 1.165) is 28.2 Å². The largest absolute Gasteiger partial charge is 0.302 e. The normalized spacial score (nSPS) is 11.0. The van der Waals surface area contributed by atoms with Gasteiger partial charge in [0.2, 0.25) is 0 Å². The molecular weight excluding hydrogens is 290 g/mol. The number of fused-ring (bicyclic) bond motifs is 1. The summed E-state index contributed by atoms with van der Waals surface area (Å²) in [6.45, 7) is 2.00. The van der Waals surface area contributed by atoms with Crippen LogP contribution in [-0.2, 0) is 5.88 Å². The molecule has 21 heavy (non-hydrogen) atoms. The molecule has 2 aromatic heterocycles. The highest BCUT2D eigenvalue weighted by molar-refractivity contribution is 6.17. The van der Waals surface area contributed by atoms with E-state index in [1.807, 2.05) is 29.7 Å². The summed E-state index contributed by atoms with van der Waals surface area (Å²) in [5.74, 6) is 0.316. The number of non-ortho nitro benzene ring substituents is 1. The summed E-state index contributed by atoms with van der Waals surface area (Å²) in [4.78, 5) is 14.9. The number of rotatable bonds is 3. The van der Waals surface area contributed by atoms with Crippen LogP contribution < -0.4 is 0 Å². The van der Waals surface area contributed by atoms with Crippen LogP contribution in [0.5, 0.6) is 0 Å².